The Labute approximate surface area is 390 Å². The molecule has 0 saturated carbocycles. The van der Waals surface area contributed by atoms with Crippen molar-refractivity contribution in [2.45, 2.75) is 0 Å². The number of para-hydroxylation sites is 2. The van der Waals surface area contributed by atoms with Crippen molar-refractivity contribution in [2.75, 3.05) is 0 Å². The van der Waals surface area contributed by atoms with E-state index >= 15 is 17.6 Å². The lowest BCUT2D eigenvalue weighted by atomic mass is 9.96. The van der Waals surface area contributed by atoms with Gasteiger partial charge in [0.2, 0.25) is 5.82 Å². The topological polar surface area (TPSA) is 59.4 Å². The maximum Gasteiger partial charge on any atom is 0.200 e. The van der Waals surface area contributed by atoms with Gasteiger partial charge < -0.3 is 9.13 Å². The fraction of sp³-hybridized carbons (Fsp3) is 0. The van der Waals surface area contributed by atoms with E-state index in [9.17, 15) is 9.65 Å². The number of hydrogen-bond acceptors (Lipinski definition) is 3. The summed E-state index contributed by atoms with van der Waals surface area (Å²) >= 11 is 0. The summed E-state index contributed by atoms with van der Waals surface area (Å²) in [6.45, 7) is 0. The van der Waals surface area contributed by atoms with Gasteiger partial charge in [0.05, 0.1) is 62.0 Å². The second-order valence-electron chi connectivity index (χ2n) is 16.6. The van der Waals surface area contributed by atoms with Crippen LogP contribution in [-0.2, 0) is 0 Å². The second kappa shape index (κ2) is 16.3. The summed E-state index contributed by atoms with van der Waals surface area (Å²) in [6, 6.07) is 58.6. The minimum Gasteiger partial charge on any atom is -0.308 e. The summed E-state index contributed by atoms with van der Waals surface area (Å²) in [5.74, 6) is -10.5. The smallest absolute Gasteiger partial charge is 0.200 e. The fourth-order valence-corrected chi connectivity index (χ4v) is 9.84. The minimum atomic E-state index is -2.28. The van der Waals surface area contributed by atoms with Crippen LogP contribution in [0.25, 0.3) is 111 Å². The quantitative estimate of drug-likeness (QED) is 0.0909. The molecule has 8 aromatic carbocycles. The average molecular weight is 906 g/mol. The molecule has 10 heteroatoms. The molecule has 0 spiro atoms. The molecule has 0 fully saturated rings. The molecule has 328 valence electrons. The number of fused-ring (bicyclic) bond motifs is 6. The van der Waals surface area contributed by atoms with Gasteiger partial charge in [-0.3, -0.25) is 9.97 Å². The van der Waals surface area contributed by atoms with Gasteiger partial charge in [0, 0.05) is 61.8 Å². The molecular formula is C59H32F5N5. The lowest BCUT2D eigenvalue weighted by Gasteiger charge is -2.22. The fourth-order valence-electron chi connectivity index (χ4n) is 9.84. The van der Waals surface area contributed by atoms with Crippen molar-refractivity contribution in [2.24, 2.45) is 0 Å². The van der Waals surface area contributed by atoms with E-state index < -0.39 is 34.6 Å². The van der Waals surface area contributed by atoms with Crippen molar-refractivity contribution in [3.63, 3.8) is 0 Å². The number of nitriles is 1. The van der Waals surface area contributed by atoms with Crippen molar-refractivity contribution < 1.29 is 22.0 Å². The molecule has 4 heterocycles. The average Bonchev–Trinajstić information content (AvgIpc) is 3.92. The summed E-state index contributed by atoms with van der Waals surface area (Å²) in [5, 5.41) is 13.7. The molecule has 4 aromatic heterocycles. The van der Waals surface area contributed by atoms with Crippen molar-refractivity contribution in [3.8, 4) is 73.3 Å². The summed E-state index contributed by atoms with van der Waals surface area (Å²) in [4.78, 5) is 9.47. The van der Waals surface area contributed by atoms with E-state index in [2.05, 4.69) is 6.07 Å². The van der Waals surface area contributed by atoms with E-state index in [0.29, 0.717) is 22.1 Å². The van der Waals surface area contributed by atoms with Crippen LogP contribution >= 0.6 is 0 Å². The Morgan fingerprint density at radius 3 is 1.22 bits per heavy atom. The minimum absolute atomic E-state index is 0.0166. The Bertz CT molecular complexity index is 3850. The van der Waals surface area contributed by atoms with E-state index in [4.69, 9.17) is 9.97 Å². The molecule has 5 nitrogen and oxygen atoms in total. The first-order valence-corrected chi connectivity index (χ1v) is 22.0. The summed E-state index contributed by atoms with van der Waals surface area (Å²) in [6.07, 6.45) is 3.46. The van der Waals surface area contributed by atoms with Crippen LogP contribution in [0.3, 0.4) is 0 Å². The van der Waals surface area contributed by atoms with Crippen LogP contribution in [-0.4, -0.2) is 19.1 Å². The van der Waals surface area contributed by atoms with Crippen molar-refractivity contribution in [1.82, 2.24) is 19.1 Å². The zero-order valence-electron chi connectivity index (χ0n) is 36.1. The number of halogens is 5. The monoisotopic (exact) mass is 905 g/mol. The Morgan fingerprint density at radius 1 is 0.362 bits per heavy atom. The molecule has 69 heavy (non-hydrogen) atoms. The number of rotatable bonds is 7. The second-order valence-corrected chi connectivity index (χ2v) is 16.6. The molecule has 0 saturated heterocycles. The molecule has 0 aliphatic carbocycles. The first-order chi connectivity index (χ1) is 33.8. The SMILES string of the molecule is N#Cc1cc(-n2c3ccccc3c3cc(-c4cccnc4-c4ccccc4)ccc32)c(-c2c(F)c(F)c(F)c(F)c2F)c(-n2c3ccccc3c3cc(-c4cccnc4-c4ccccc4)ccc32)c1. The van der Waals surface area contributed by atoms with Crippen molar-refractivity contribution >= 4 is 43.6 Å². The van der Waals surface area contributed by atoms with Gasteiger partial charge in [-0.15, -0.1) is 0 Å². The Balaban J connectivity index is 1.17. The molecular weight excluding hydrogens is 874 g/mol. The predicted molar refractivity (Wildman–Crippen MR) is 262 cm³/mol. The third-order valence-corrected chi connectivity index (χ3v) is 12.8. The highest BCUT2D eigenvalue weighted by Crippen LogP contribution is 2.47. The highest BCUT2D eigenvalue weighted by molar-refractivity contribution is 6.13. The van der Waals surface area contributed by atoms with Crippen LogP contribution in [0.5, 0.6) is 0 Å². The zero-order chi connectivity index (χ0) is 46.9. The van der Waals surface area contributed by atoms with E-state index in [0.717, 1.165) is 66.3 Å². The van der Waals surface area contributed by atoms with E-state index in [1.165, 1.54) is 12.1 Å². The zero-order valence-corrected chi connectivity index (χ0v) is 36.1. The molecule has 0 aliphatic heterocycles. The summed E-state index contributed by atoms with van der Waals surface area (Å²) < 4.78 is 83.4. The third-order valence-electron chi connectivity index (χ3n) is 12.8. The van der Waals surface area contributed by atoms with E-state index in [1.807, 2.05) is 158 Å². The summed E-state index contributed by atoms with van der Waals surface area (Å²) in [7, 11) is 0. The Morgan fingerprint density at radius 2 is 0.768 bits per heavy atom. The van der Waals surface area contributed by atoms with Gasteiger partial charge in [-0.05, 0) is 71.8 Å². The number of hydrogen-bond donors (Lipinski definition) is 0. The first kappa shape index (κ1) is 41.2. The van der Waals surface area contributed by atoms with Gasteiger partial charge in [0.15, 0.2) is 23.3 Å². The number of pyridine rings is 2. The molecule has 12 aromatic rings. The van der Waals surface area contributed by atoms with Crippen LogP contribution in [0.1, 0.15) is 5.56 Å². The molecule has 0 atom stereocenters. The van der Waals surface area contributed by atoms with Crippen LogP contribution in [0, 0.1) is 40.4 Å². The van der Waals surface area contributed by atoms with E-state index in [-0.39, 0.29) is 22.5 Å². The van der Waals surface area contributed by atoms with Crippen LogP contribution in [0.4, 0.5) is 22.0 Å². The standard InChI is InChI=1S/C59H32F5N5/c60-53-52(54(61)56(63)57(64)55(53)62)51-49(68-45-21-9-7-17-41(45)43-31-37(23-25-47(43)68)39-19-11-27-66-58(39)35-13-3-1-4-14-35)29-34(33-65)30-50(51)69-46-22-10-8-18-42(46)44-32-38(24-26-48(44)69)40-20-12-28-67-59(40)36-15-5-2-6-16-36/h1-32H. The van der Waals surface area contributed by atoms with Gasteiger partial charge in [0.25, 0.3) is 0 Å². The maximum atomic E-state index is 16.8. The normalized spacial score (nSPS) is 11.5. The first-order valence-electron chi connectivity index (χ1n) is 22.0. The Kier molecular flexibility index (Phi) is 9.74. The molecule has 0 radical (unpaired) electrons. The van der Waals surface area contributed by atoms with Gasteiger partial charge in [0.1, 0.15) is 0 Å². The van der Waals surface area contributed by atoms with Crippen LogP contribution in [0.2, 0.25) is 0 Å². The number of aromatic nitrogens is 4. The molecule has 0 aliphatic rings. The van der Waals surface area contributed by atoms with Gasteiger partial charge >= 0.3 is 0 Å². The van der Waals surface area contributed by atoms with Gasteiger partial charge in [-0.25, -0.2) is 22.0 Å². The molecule has 0 amide bonds. The Hall–Kier alpha value is -9.20. The molecule has 0 N–H and O–H groups in total. The predicted octanol–water partition coefficient (Wildman–Crippen LogP) is 15.6. The van der Waals surface area contributed by atoms with Crippen molar-refractivity contribution in [3.05, 3.63) is 229 Å². The molecule has 0 bridgehead atoms. The van der Waals surface area contributed by atoms with Crippen LogP contribution in [0.15, 0.2) is 194 Å². The lowest BCUT2D eigenvalue weighted by Crippen LogP contribution is -2.10. The van der Waals surface area contributed by atoms with Crippen LogP contribution < -0.4 is 0 Å². The molecule has 12 rings (SSSR count). The van der Waals surface area contributed by atoms with Gasteiger partial charge in [-0.1, -0.05) is 121 Å². The highest BCUT2D eigenvalue weighted by Gasteiger charge is 2.32. The van der Waals surface area contributed by atoms with Gasteiger partial charge in [-0.2, -0.15) is 5.26 Å². The van der Waals surface area contributed by atoms with E-state index in [1.54, 1.807) is 33.7 Å². The largest absolute Gasteiger partial charge is 0.308 e. The summed E-state index contributed by atoms with van der Waals surface area (Å²) in [5.41, 5.74) is 7.58. The highest BCUT2D eigenvalue weighted by atomic mass is 19.2. The number of benzene rings is 8. The molecule has 0 unspecified atom stereocenters. The third kappa shape index (κ3) is 6.50. The number of nitrogens with zero attached hydrogens (tertiary/aromatic N) is 5. The van der Waals surface area contributed by atoms with Crippen molar-refractivity contribution in [1.29, 1.82) is 5.26 Å². The lowest BCUT2D eigenvalue weighted by molar-refractivity contribution is 0.381. The maximum absolute atomic E-state index is 16.8.